The quantitative estimate of drug-likeness (QED) is 0.456. The maximum absolute atomic E-state index is 11.0. The van der Waals surface area contributed by atoms with Crippen LogP contribution in [0.2, 0.25) is 0 Å². The third-order valence-corrected chi connectivity index (χ3v) is 1.18. The summed E-state index contributed by atoms with van der Waals surface area (Å²) in [5.41, 5.74) is 0.496. The molecule has 0 aromatic rings. The van der Waals surface area contributed by atoms with Crippen molar-refractivity contribution in [2.24, 2.45) is 5.92 Å². The fourth-order valence-corrected chi connectivity index (χ4v) is 0.749. The van der Waals surface area contributed by atoms with Crippen molar-refractivity contribution in [2.75, 3.05) is 0 Å². The molecule has 0 heterocycles. The van der Waals surface area contributed by atoms with Gasteiger partial charge in [-0.3, -0.25) is 9.59 Å². The van der Waals surface area contributed by atoms with Gasteiger partial charge in [0.25, 0.3) is 0 Å². The molecule has 0 aliphatic rings. The van der Waals surface area contributed by atoms with Crippen LogP contribution in [0.1, 0.15) is 27.2 Å². The Balaban J connectivity index is 3.96. The van der Waals surface area contributed by atoms with E-state index in [1.165, 1.54) is 6.08 Å². The fourth-order valence-electron chi connectivity index (χ4n) is 0.749. The molecule has 0 spiro atoms. The zero-order valence-corrected chi connectivity index (χ0v) is 7.26. The second-order valence-electron chi connectivity index (χ2n) is 3.07. The summed E-state index contributed by atoms with van der Waals surface area (Å²) < 4.78 is 0. The lowest BCUT2D eigenvalue weighted by Crippen LogP contribution is -1.99. The molecule has 2 heteroatoms. The summed E-state index contributed by atoms with van der Waals surface area (Å²) in [6, 6.07) is 0. The zero-order valence-electron chi connectivity index (χ0n) is 7.26. The molecule has 0 radical (unpaired) electrons. The first-order valence-corrected chi connectivity index (χ1v) is 3.72. The van der Waals surface area contributed by atoms with Crippen molar-refractivity contribution in [3.05, 3.63) is 11.6 Å². The first kappa shape index (κ1) is 10.1. The van der Waals surface area contributed by atoms with Gasteiger partial charge in [-0.2, -0.15) is 0 Å². The number of allylic oxidation sites excluding steroid dienone is 2. The molecule has 0 aromatic heterocycles. The van der Waals surface area contributed by atoms with Crippen molar-refractivity contribution >= 4 is 12.1 Å². The number of hydrogen-bond donors (Lipinski definition) is 0. The van der Waals surface area contributed by atoms with Crippen molar-refractivity contribution < 1.29 is 9.59 Å². The van der Waals surface area contributed by atoms with E-state index in [-0.39, 0.29) is 5.78 Å². The number of carbonyl (C=O) groups excluding carboxylic acids is 2. The van der Waals surface area contributed by atoms with Crippen LogP contribution in [0.15, 0.2) is 11.6 Å². The van der Waals surface area contributed by atoms with Crippen LogP contribution in [0, 0.1) is 5.92 Å². The van der Waals surface area contributed by atoms with Gasteiger partial charge in [0, 0.05) is 6.42 Å². The molecule has 0 N–H and O–H groups in total. The molecule has 0 bridgehead atoms. The van der Waals surface area contributed by atoms with Crippen LogP contribution < -0.4 is 0 Å². The molecule has 11 heavy (non-hydrogen) atoms. The van der Waals surface area contributed by atoms with Crippen LogP contribution in [-0.4, -0.2) is 12.1 Å². The van der Waals surface area contributed by atoms with Crippen molar-refractivity contribution in [3.8, 4) is 0 Å². The Morgan fingerprint density at radius 1 is 1.45 bits per heavy atom. The Kier molecular flexibility index (Phi) is 4.42. The van der Waals surface area contributed by atoms with E-state index in [1.54, 1.807) is 6.92 Å². The number of aldehydes is 1. The minimum absolute atomic E-state index is 0.0320. The van der Waals surface area contributed by atoms with Crippen molar-refractivity contribution in [2.45, 2.75) is 27.2 Å². The lowest BCUT2D eigenvalue weighted by Gasteiger charge is -1.98. The molecule has 0 aromatic carbocycles. The van der Waals surface area contributed by atoms with Gasteiger partial charge in [0.2, 0.25) is 0 Å². The van der Waals surface area contributed by atoms with Gasteiger partial charge < -0.3 is 0 Å². The van der Waals surface area contributed by atoms with Crippen molar-refractivity contribution in [3.63, 3.8) is 0 Å². The van der Waals surface area contributed by atoms with E-state index >= 15 is 0 Å². The van der Waals surface area contributed by atoms with Gasteiger partial charge in [0.1, 0.15) is 6.29 Å². The predicted molar refractivity (Wildman–Crippen MR) is 44.3 cm³/mol. The number of ketones is 1. The van der Waals surface area contributed by atoms with Gasteiger partial charge in [0.05, 0.1) is 0 Å². The SMILES string of the molecule is C/C(C=O)=C/C(=O)CC(C)C. The summed E-state index contributed by atoms with van der Waals surface area (Å²) in [6.45, 7) is 5.58. The highest BCUT2D eigenvalue weighted by atomic mass is 16.1. The number of carbonyl (C=O) groups is 2. The molecule has 62 valence electrons. The van der Waals surface area contributed by atoms with Crippen LogP contribution in [0.25, 0.3) is 0 Å². The molecular formula is C9H14O2. The van der Waals surface area contributed by atoms with Crippen molar-refractivity contribution in [1.29, 1.82) is 0 Å². The van der Waals surface area contributed by atoms with Crippen LogP contribution >= 0.6 is 0 Å². The predicted octanol–water partition coefficient (Wildman–Crippen LogP) is 1.75. The maximum Gasteiger partial charge on any atom is 0.156 e. The summed E-state index contributed by atoms with van der Waals surface area (Å²) in [5, 5.41) is 0. The van der Waals surface area contributed by atoms with E-state index in [1.807, 2.05) is 13.8 Å². The highest BCUT2D eigenvalue weighted by molar-refractivity contribution is 5.94. The van der Waals surface area contributed by atoms with Crippen LogP contribution in [0.5, 0.6) is 0 Å². The second kappa shape index (κ2) is 4.83. The van der Waals surface area contributed by atoms with E-state index in [4.69, 9.17) is 0 Å². The Labute approximate surface area is 67.3 Å². The molecule has 0 fully saturated rings. The van der Waals surface area contributed by atoms with Gasteiger partial charge >= 0.3 is 0 Å². The minimum atomic E-state index is 0.0320. The summed E-state index contributed by atoms with van der Waals surface area (Å²) in [6.07, 6.45) is 2.61. The molecule has 0 atom stereocenters. The van der Waals surface area contributed by atoms with E-state index in [0.29, 0.717) is 24.2 Å². The summed E-state index contributed by atoms with van der Waals surface area (Å²) in [7, 11) is 0. The van der Waals surface area contributed by atoms with Crippen LogP contribution in [-0.2, 0) is 9.59 Å². The standard InChI is InChI=1S/C9H14O2/c1-7(2)4-9(11)5-8(3)6-10/h5-7H,4H2,1-3H3/b8-5-. The van der Waals surface area contributed by atoms with Gasteiger partial charge in [-0.15, -0.1) is 0 Å². The number of hydrogen-bond acceptors (Lipinski definition) is 2. The highest BCUT2D eigenvalue weighted by Crippen LogP contribution is 2.01. The van der Waals surface area contributed by atoms with E-state index in [9.17, 15) is 9.59 Å². The first-order chi connectivity index (χ1) is 5.06. The lowest BCUT2D eigenvalue weighted by molar-refractivity contribution is -0.115. The Bertz CT molecular complexity index is 178. The fraction of sp³-hybridized carbons (Fsp3) is 0.556. The molecule has 0 aliphatic heterocycles. The van der Waals surface area contributed by atoms with Crippen molar-refractivity contribution in [1.82, 2.24) is 0 Å². The van der Waals surface area contributed by atoms with Gasteiger partial charge in [-0.05, 0) is 24.5 Å². The first-order valence-electron chi connectivity index (χ1n) is 3.72. The second-order valence-corrected chi connectivity index (χ2v) is 3.07. The smallest absolute Gasteiger partial charge is 0.156 e. The summed E-state index contributed by atoms with van der Waals surface area (Å²) in [5.74, 6) is 0.391. The van der Waals surface area contributed by atoms with Gasteiger partial charge in [0.15, 0.2) is 5.78 Å². The Morgan fingerprint density at radius 3 is 2.36 bits per heavy atom. The van der Waals surface area contributed by atoms with Crippen LogP contribution in [0.4, 0.5) is 0 Å². The Morgan fingerprint density at radius 2 is 2.00 bits per heavy atom. The molecule has 0 aliphatic carbocycles. The molecule has 0 saturated carbocycles. The molecule has 0 rings (SSSR count). The average Bonchev–Trinajstić information content (AvgIpc) is 1.85. The molecule has 0 unspecified atom stereocenters. The third-order valence-electron chi connectivity index (χ3n) is 1.18. The zero-order chi connectivity index (χ0) is 8.85. The van der Waals surface area contributed by atoms with Gasteiger partial charge in [-0.25, -0.2) is 0 Å². The minimum Gasteiger partial charge on any atom is -0.298 e. The largest absolute Gasteiger partial charge is 0.298 e. The topological polar surface area (TPSA) is 34.1 Å². The average molecular weight is 154 g/mol. The van der Waals surface area contributed by atoms with E-state index in [0.717, 1.165) is 0 Å². The third kappa shape index (κ3) is 5.52. The van der Waals surface area contributed by atoms with Gasteiger partial charge in [-0.1, -0.05) is 13.8 Å². The van der Waals surface area contributed by atoms with E-state index < -0.39 is 0 Å². The maximum atomic E-state index is 11.0. The molecule has 2 nitrogen and oxygen atoms in total. The highest BCUT2D eigenvalue weighted by Gasteiger charge is 2.01. The number of rotatable bonds is 4. The summed E-state index contributed by atoms with van der Waals surface area (Å²) in [4.78, 5) is 21.1. The monoisotopic (exact) mass is 154 g/mol. The lowest BCUT2D eigenvalue weighted by atomic mass is 10.1. The Hall–Kier alpha value is -0.920. The van der Waals surface area contributed by atoms with Crippen LogP contribution in [0.3, 0.4) is 0 Å². The normalized spacial score (nSPS) is 11.8. The molecule has 0 saturated heterocycles. The van der Waals surface area contributed by atoms with E-state index in [2.05, 4.69) is 0 Å². The molecule has 0 amide bonds. The summed E-state index contributed by atoms with van der Waals surface area (Å²) >= 11 is 0. The molecular weight excluding hydrogens is 140 g/mol.